The molecule has 4 amide bonds. The zero-order chi connectivity index (χ0) is 19.6. The van der Waals surface area contributed by atoms with Gasteiger partial charge in [-0.05, 0) is 31.0 Å². The molecule has 3 rings (SSSR count). The fourth-order valence-electron chi connectivity index (χ4n) is 3.23. The van der Waals surface area contributed by atoms with E-state index in [9.17, 15) is 23.6 Å². The molecule has 10 heteroatoms. The van der Waals surface area contributed by atoms with Crippen molar-refractivity contribution in [2.45, 2.75) is 31.2 Å². The maximum absolute atomic E-state index is 13.1. The Hall–Kier alpha value is -2.68. The zero-order valence-corrected chi connectivity index (χ0v) is 15.0. The highest BCUT2D eigenvalue weighted by atomic mass is 35.5. The van der Waals surface area contributed by atoms with E-state index in [0.717, 1.165) is 23.8 Å². The number of rotatable bonds is 5. The summed E-state index contributed by atoms with van der Waals surface area (Å²) < 4.78 is 17.9. The highest BCUT2D eigenvalue weighted by Crippen LogP contribution is 2.34. The zero-order valence-electron chi connectivity index (χ0n) is 14.2. The fourth-order valence-corrected chi connectivity index (χ4v) is 3.41. The molecule has 2 N–H and O–H groups in total. The SMILES string of the molecule is O=C(COC(=O)CN1C(=O)NC2(CCCC2)C1=O)Nc1ccc(F)c(Cl)c1. The summed E-state index contributed by atoms with van der Waals surface area (Å²) in [6.07, 6.45) is 2.76. The summed E-state index contributed by atoms with van der Waals surface area (Å²) in [5.41, 5.74) is -0.670. The lowest BCUT2D eigenvalue weighted by molar-refractivity contribution is -0.150. The van der Waals surface area contributed by atoms with E-state index in [0.29, 0.717) is 12.8 Å². The summed E-state index contributed by atoms with van der Waals surface area (Å²) in [7, 11) is 0. The van der Waals surface area contributed by atoms with Crippen molar-refractivity contribution in [3.8, 4) is 0 Å². The van der Waals surface area contributed by atoms with Crippen molar-refractivity contribution in [2.75, 3.05) is 18.5 Å². The Balaban J connectivity index is 1.49. The molecule has 1 saturated carbocycles. The van der Waals surface area contributed by atoms with Crippen LogP contribution in [0.3, 0.4) is 0 Å². The molecule has 1 aliphatic carbocycles. The van der Waals surface area contributed by atoms with Crippen LogP contribution in [0.5, 0.6) is 0 Å². The normalized spacial score (nSPS) is 17.9. The monoisotopic (exact) mass is 397 g/mol. The van der Waals surface area contributed by atoms with Crippen LogP contribution in [0.2, 0.25) is 5.02 Å². The lowest BCUT2D eigenvalue weighted by Gasteiger charge is -2.19. The van der Waals surface area contributed by atoms with Gasteiger partial charge in [-0.25, -0.2) is 9.18 Å². The van der Waals surface area contributed by atoms with Crippen LogP contribution in [-0.4, -0.2) is 47.4 Å². The minimum atomic E-state index is -0.906. The Kier molecular flexibility index (Phi) is 5.31. The van der Waals surface area contributed by atoms with Gasteiger partial charge in [0.15, 0.2) is 6.61 Å². The number of imide groups is 1. The van der Waals surface area contributed by atoms with Crippen LogP contribution in [0, 0.1) is 5.82 Å². The van der Waals surface area contributed by atoms with Gasteiger partial charge in [0.2, 0.25) is 0 Å². The lowest BCUT2D eigenvalue weighted by atomic mass is 9.98. The highest BCUT2D eigenvalue weighted by molar-refractivity contribution is 6.31. The summed E-state index contributed by atoms with van der Waals surface area (Å²) >= 11 is 5.61. The number of nitrogens with one attached hydrogen (secondary N) is 2. The van der Waals surface area contributed by atoms with E-state index in [1.54, 1.807) is 0 Å². The Morgan fingerprint density at radius 2 is 2.00 bits per heavy atom. The smallest absolute Gasteiger partial charge is 0.326 e. The first-order valence-corrected chi connectivity index (χ1v) is 8.73. The van der Waals surface area contributed by atoms with Gasteiger partial charge < -0.3 is 15.4 Å². The lowest BCUT2D eigenvalue weighted by Crippen LogP contribution is -2.44. The number of anilines is 1. The second-order valence-corrected chi connectivity index (χ2v) is 6.86. The molecule has 1 aromatic carbocycles. The van der Waals surface area contributed by atoms with Crippen molar-refractivity contribution in [3.05, 3.63) is 29.0 Å². The van der Waals surface area contributed by atoms with Crippen molar-refractivity contribution in [3.63, 3.8) is 0 Å². The number of hydrogen-bond donors (Lipinski definition) is 2. The van der Waals surface area contributed by atoms with Gasteiger partial charge in [0.25, 0.3) is 11.8 Å². The standard InChI is InChI=1S/C17H17ClFN3O5/c18-11-7-10(3-4-12(11)19)20-13(23)9-27-14(24)8-22-15(25)17(21-16(22)26)5-1-2-6-17/h3-4,7H,1-2,5-6,8-9H2,(H,20,23)(H,21,26). The molecule has 0 atom stereocenters. The molecule has 144 valence electrons. The van der Waals surface area contributed by atoms with E-state index in [4.69, 9.17) is 16.3 Å². The maximum atomic E-state index is 13.1. The van der Waals surface area contributed by atoms with Gasteiger partial charge in [0, 0.05) is 5.69 Å². The number of nitrogens with zero attached hydrogens (tertiary/aromatic N) is 1. The van der Waals surface area contributed by atoms with Gasteiger partial charge in [0.1, 0.15) is 17.9 Å². The van der Waals surface area contributed by atoms with E-state index in [1.807, 2.05) is 0 Å². The van der Waals surface area contributed by atoms with Gasteiger partial charge in [0.05, 0.1) is 5.02 Å². The molecule has 1 aliphatic heterocycles. The average molecular weight is 398 g/mol. The molecule has 0 radical (unpaired) electrons. The van der Waals surface area contributed by atoms with Crippen LogP contribution in [-0.2, 0) is 19.1 Å². The molecule has 1 saturated heterocycles. The first kappa shape index (κ1) is 19.1. The summed E-state index contributed by atoms with van der Waals surface area (Å²) in [6.45, 7) is -1.19. The molecular formula is C17H17ClFN3O5. The second kappa shape index (κ2) is 7.51. The number of amides is 4. The van der Waals surface area contributed by atoms with Gasteiger partial charge in [-0.15, -0.1) is 0 Å². The Morgan fingerprint density at radius 1 is 1.30 bits per heavy atom. The number of urea groups is 1. The van der Waals surface area contributed by atoms with Crippen molar-refractivity contribution < 1.29 is 28.3 Å². The molecule has 0 bridgehead atoms. The van der Waals surface area contributed by atoms with Gasteiger partial charge >= 0.3 is 12.0 Å². The largest absolute Gasteiger partial charge is 0.454 e. The molecule has 1 aromatic rings. The summed E-state index contributed by atoms with van der Waals surface area (Å²) in [6, 6.07) is 2.96. The third-order valence-electron chi connectivity index (χ3n) is 4.56. The van der Waals surface area contributed by atoms with Crippen molar-refractivity contribution in [1.29, 1.82) is 0 Å². The molecule has 8 nitrogen and oxygen atoms in total. The van der Waals surface area contributed by atoms with E-state index in [1.165, 1.54) is 12.1 Å². The maximum Gasteiger partial charge on any atom is 0.326 e. The van der Waals surface area contributed by atoms with Gasteiger partial charge in [-0.3, -0.25) is 19.3 Å². The van der Waals surface area contributed by atoms with Crippen LogP contribution in [0.25, 0.3) is 0 Å². The van der Waals surface area contributed by atoms with Crippen LogP contribution in [0.15, 0.2) is 18.2 Å². The Morgan fingerprint density at radius 3 is 2.67 bits per heavy atom. The molecule has 1 heterocycles. The number of hydrogen-bond acceptors (Lipinski definition) is 5. The number of carbonyl (C=O) groups is 4. The van der Waals surface area contributed by atoms with Crippen LogP contribution in [0.4, 0.5) is 14.9 Å². The molecule has 0 unspecified atom stereocenters. The van der Waals surface area contributed by atoms with E-state index in [2.05, 4.69) is 10.6 Å². The minimum absolute atomic E-state index is 0.163. The van der Waals surface area contributed by atoms with E-state index in [-0.39, 0.29) is 10.7 Å². The number of ether oxygens (including phenoxy) is 1. The number of halogens is 2. The van der Waals surface area contributed by atoms with Crippen molar-refractivity contribution in [1.82, 2.24) is 10.2 Å². The quantitative estimate of drug-likeness (QED) is 0.582. The van der Waals surface area contributed by atoms with E-state index >= 15 is 0 Å². The fraction of sp³-hybridized carbons (Fsp3) is 0.412. The predicted octanol–water partition coefficient (Wildman–Crippen LogP) is 1.83. The molecule has 2 fully saturated rings. The van der Waals surface area contributed by atoms with Crippen molar-refractivity contribution >= 4 is 41.1 Å². The highest BCUT2D eigenvalue weighted by Gasteiger charge is 2.52. The molecule has 27 heavy (non-hydrogen) atoms. The molecular weight excluding hydrogens is 381 g/mol. The topological polar surface area (TPSA) is 105 Å². The minimum Gasteiger partial charge on any atom is -0.454 e. The average Bonchev–Trinajstić information content (AvgIpc) is 3.17. The number of carbonyl (C=O) groups excluding carboxylic acids is 4. The first-order chi connectivity index (χ1) is 12.8. The van der Waals surface area contributed by atoms with Gasteiger partial charge in [-0.1, -0.05) is 24.4 Å². The van der Waals surface area contributed by atoms with Crippen LogP contribution < -0.4 is 10.6 Å². The molecule has 2 aliphatic rings. The third kappa shape index (κ3) is 4.02. The van der Waals surface area contributed by atoms with Crippen LogP contribution in [0.1, 0.15) is 25.7 Å². The van der Waals surface area contributed by atoms with Crippen molar-refractivity contribution in [2.24, 2.45) is 0 Å². The molecule has 1 spiro atoms. The summed E-state index contributed by atoms with van der Waals surface area (Å²) in [4.78, 5) is 48.9. The third-order valence-corrected chi connectivity index (χ3v) is 4.85. The Labute approximate surface area is 159 Å². The second-order valence-electron chi connectivity index (χ2n) is 6.45. The number of esters is 1. The summed E-state index contributed by atoms with van der Waals surface area (Å²) in [5, 5.41) is 4.88. The van der Waals surface area contributed by atoms with Crippen LogP contribution >= 0.6 is 11.6 Å². The van der Waals surface area contributed by atoms with Gasteiger partial charge in [-0.2, -0.15) is 0 Å². The summed E-state index contributed by atoms with van der Waals surface area (Å²) in [5.74, 6) is -2.63. The molecule has 0 aromatic heterocycles. The first-order valence-electron chi connectivity index (χ1n) is 8.35. The number of benzene rings is 1. The Bertz CT molecular complexity index is 810. The predicted molar refractivity (Wildman–Crippen MR) is 92.4 cm³/mol. The van der Waals surface area contributed by atoms with E-state index < -0.39 is 48.3 Å².